The van der Waals surface area contributed by atoms with Gasteiger partial charge in [0, 0.05) is 71.3 Å². The molecule has 0 amide bonds. The number of furan rings is 1. The van der Waals surface area contributed by atoms with Gasteiger partial charge < -0.3 is 18.1 Å². The number of hydrogen-bond acceptors (Lipinski definition) is 4. The van der Waals surface area contributed by atoms with E-state index in [1.807, 2.05) is 24.3 Å². The van der Waals surface area contributed by atoms with Gasteiger partial charge in [-0.05, 0) is 274 Å². The third kappa shape index (κ3) is 14.0. The van der Waals surface area contributed by atoms with Crippen LogP contribution in [-0.4, -0.2) is 28.7 Å². The molecule has 5 aromatic heterocycles. The molecule has 5 heterocycles. The van der Waals surface area contributed by atoms with Crippen LogP contribution in [0.3, 0.4) is 0 Å². The maximum atomic E-state index is 7.07. The number of fused-ring (bicyclic) bond motifs is 12. The van der Waals surface area contributed by atoms with Crippen molar-refractivity contribution in [2.45, 2.75) is 0 Å². The summed E-state index contributed by atoms with van der Waals surface area (Å²) in [4.78, 5) is 16.4. The molecule has 0 aliphatic rings. The smallest absolute Gasteiger partial charge is 0.167 e. The Morgan fingerprint density at radius 2 is 0.441 bits per heavy atom. The zero-order valence-corrected chi connectivity index (χ0v) is 73.9. The Hall–Kier alpha value is -18.2. The lowest BCUT2D eigenvalue weighted by Crippen LogP contribution is -2.01. The maximum absolute atomic E-state index is 7.07. The minimum Gasteiger partial charge on any atom is -0.455 e. The molecule has 26 rings (SSSR count). The van der Waals surface area contributed by atoms with E-state index in [0.29, 0.717) is 23.1 Å². The summed E-state index contributed by atoms with van der Waals surface area (Å²) in [5.41, 5.74) is 38.7. The summed E-state index contributed by atoms with van der Waals surface area (Å²) in [5.74, 6) is 1.59. The molecule has 0 saturated carbocycles. The summed E-state index contributed by atoms with van der Waals surface area (Å²) in [6.07, 6.45) is 0. The van der Waals surface area contributed by atoms with Crippen molar-refractivity contribution in [2.24, 2.45) is 0 Å². The van der Waals surface area contributed by atoms with E-state index in [-0.39, 0.29) is 0 Å². The quantitative estimate of drug-likeness (QED) is 0.0911. The number of para-hydroxylation sites is 2. The van der Waals surface area contributed by atoms with Crippen molar-refractivity contribution in [3.8, 4) is 174 Å². The molecule has 0 fully saturated rings. The summed E-state index contributed by atoms with van der Waals surface area (Å²) in [7, 11) is 0. The van der Waals surface area contributed by atoms with Gasteiger partial charge in [-0.2, -0.15) is 0 Å². The van der Waals surface area contributed by atoms with E-state index in [2.05, 4.69) is 487 Å². The van der Waals surface area contributed by atoms with Crippen LogP contribution in [-0.2, 0) is 0 Å². The molecule has 26 aromatic rings. The summed E-state index contributed by atoms with van der Waals surface area (Å²) < 4.78 is 14.4. The predicted octanol–water partition coefficient (Wildman–Crippen LogP) is 34.4. The molecule has 0 radical (unpaired) electrons. The molecule has 0 atom stereocenters. The first-order valence-electron chi connectivity index (χ1n) is 46.4. The van der Waals surface area contributed by atoms with Crippen LogP contribution in [0.5, 0.6) is 0 Å². The first-order valence-corrected chi connectivity index (χ1v) is 46.4. The summed E-state index contributed by atoms with van der Waals surface area (Å²) in [6.45, 7) is 0. The molecule has 634 valence electrons. The Balaban J connectivity index is 0.577. The van der Waals surface area contributed by atoms with E-state index in [4.69, 9.17) is 19.4 Å². The molecule has 7 nitrogen and oxygen atoms in total. The molecule has 0 saturated heterocycles. The van der Waals surface area contributed by atoms with Crippen LogP contribution in [0.25, 0.3) is 261 Å². The third-order valence-electron chi connectivity index (χ3n) is 27.2. The molecule has 0 unspecified atom stereocenters. The number of aromatic nitrogens is 6. The van der Waals surface area contributed by atoms with E-state index >= 15 is 0 Å². The maximum Gasteiger partial charge on any atom is 0.167 e. The van der Waals surface area contributed by atoms with Crippen LogP contribution in [0.1, 0.15) is 0 Å². The van der Waals surface area contributed by atoms with Gasteiger partial charge >= 0.3 is 0 Å². The van der Waals surface area contributed by atoms with Crippen LogP contribution < -0.4 is 0 Å². The van der Waals surface area contributed by atoms with E-state index < -0.39 is 0 Å². The summed E-state index contributed by atoms with van der Waals surface area (Å²) in [5, 5.41) is 8.97. The summed E-state index contributed by atoms with van der Waals surface area (Å²) in [6, 6.07) is 181. The van der Waals surface area contributed by atoms with E-state index in [9.17, 15) is 0 Å². The van der Waals surface area contributed by atoms with E-state index in [1.54, 1.807) is 0 Å². The Bertz CT molecular complexity index is 9080. The van der Waals surface area contributed by atoms with Gasteiger partial charge in [-0.15, -0.1) is 0 Å². The second kappa shape index (κ2) is 33.0. The molecule has 136 heavy (non-hydrogen) atoms. The van der Waals surface area contributed by atoms with Gasteiger partial charge in [-0.3, -0.25) is 0 Å². The van der Waals surface area contributed by atoms with E-state index in [0.717, 1.165) is 183 Å². The number of benzene rings is 21. The predicted molar refractivity (Wildman–Crippen MR) is 566 cm³/mol. The normalized spacial score (nSPS) is 11.7. The monoisotopic (exact) mass is 1730 g/mol. The highest BCUT2D eigenvalue weighted by Crippen LogP contribution is 2.49. The second-order valence-electron chi connectivity index (χ2n) is 35.3. The van der Waals surface area contributed by atoms with Crippen molar-refractivity contribution in [3.05, 3.63) is 497 Å². The number of rotatable bonds is 17. The molecule has 0 bridgehead atoms. The van der Waals surface area contributed by atoms with Crippen molar-refractivity contribution in [1.82, 2.24) is 28.7 Å². The van der Waals surface area contributed by atoms with Gasteiger partial charge in [-0.25, -0.2) is 15.0 Å². The van der Waals surface area contributed by atoms with Crippen LogP contribution in [0.4, 0.5) is 0 Å². The van der Waals surface area contributed by atoms with Crippen LogP contribution in [0.15, 0.2) is 502 Å². The lowest BCUT2D eigenvalue weighted by molar-refractivity contribution is 0.669. The van der Waals surface area contributed by atoms with Crippen LogP contribution in [0, 0.1) is 0 Å². The molecule has 0 spiro atoms. The molecule has 0 aliphatic carbocycles. The Morgan fingerprint density at radius 1 is 0.147 bits per heavy atom. The molecular formula is C129H82N6O. The minimum absolute atomic E-state index is 0.495. The molecule has 0 N–H and O–H groups in total. The highest BCUT2D eigenvalue weighted by Gasteiger charge is 2.26. The Kier molecular flexibility index (Phi) is 19.1. The third-order valence-corrected chi connectivity index (χ3v) is 27.2. The van der Waals surface area contributed by atoms with Crippen molar-refractivity contribution < 1.29 is 4.42 Å². The number of hydrogen-bond donors (Lipinski definition) is 0. The Labute approximate surface area is 786 Å². The average Bonchev–Trinajstić information content (AvgIpc) is 1.56. The molecular weight excluding hydrogens is 1650 g/mol. The fourth-order valence-corrected chi connectivity index (χ4v) is 20.7. The second-order valence-corrected chi connectivity index (χ2v) is 35.3. The van der Waals surface area contributed by atoms with Gasteiger partial charge in [-0.1, -0.05) is 346 Å². The van der Waals surface area contributed by atoms with Crippen molar-refractivity contribution in [2.75, 3.05) is 0 Å². The van der Waals surface area contributed by atoms with Gasteiger partial charge in [0.1, 0.15) is 11.2 Å². The first-order chi connectivity index (χ1) is 67.4. The van der Waals surface area contributed by atoms with Crippen LogP contribution in [0.2, 0.25) is 0 Å². The topological polar surface area (TPSA) is 66.6 Å². The van der Waals surface area contributed by atoms with Gasteiger partial charge in [0.15, 0.2) is 17.5 Å². The SMILES string of the molecule is c1ccc(-c2cc(-c3ccccc3)cc(-c3cccc(-c4nc(-c5ccccc5)nc(-c5cc(-c6cccc7c6c6cc(-c8ccccc8)ccc6n7-c6cccc(-c7cccc(-c8cccc(-n9c%10ccc(-c%11ccccc%11)cc%10c%10cc(-c%11ccc%12c(c%11)c%11ccccc%11n%12-c%11cc(-c%12ccccc%12)cc(-c%12ccccc%12)c%11)ccc%109)c8)c7)c6)cc6c5oc5ccccc56)n4)c3)c2)cc1. The highest BCUT2D eigenvalue weighted by atomic mass is 16.3. The summed E-state index contributed by atoms with van der Waals surface area (Å²) >= 11 is 0. The van der Waals surface area contributed by atoms with E-state index in [1.165, 1.54) is 54.9 Å². The molecule has 7 heteroatoms. The Morgan fingerprint density at radius 3 is 0.949 bits per heavy atom. The molecule has 0 aliphatic heterocycles. The number of nitrogens with zero attached hydrogens (tertiary/aromatic N) is 6. The average molecular weight is 1730 g/mol. The highest BCUT2D eigenvalue weighted by molar-refractivity contribution is 6.20. The standard InChI is InChI=1S/C129H82N6O/c1-8-31-83(32-9-1)95-59-63-120-113(77-95)114-79-98(97-61-64-119-112(78-97)110-53-22-24-56-118(110)135(119)108-75-103(87-39-16-5-17-40-87)72-104(76-108)88-41-18-6-19-42-88)62-65-121(114)133(120)106-51-28-48-93(73-106)90-45-26-46-91(67-90)94-49-29-52-107(74-94)134-122-66-60-96(84-33-10-2-11-34-84)80-116(122)125-109(55-30-57-123(125)134)105-81-115-111-54-23-25-58-124(111)136-126(115)117(82-105)129-131-127(89-43-20-7-21-44-89)130-128(132-129)99-50-27-47-92(68-99)102-70-100(85-35-12-3-13-36-85)69-101(71-102)86-37-14-4-15-38-86/h1-82H. The van der Waals surface area contributed by atoms with Gasteiger partial charge in [0.05, 0.1) is 38.7 Å². The van der Waals surface area contributed by atoms with Gasteiger partial charge in [0.25, 0.3) is 0 Å². The fraction of sp³-hybridized carbons (Fsp3) is 0. The van der Waals surface area contributed by atoms with Crippen molar-refractivity contribution >= 4 is 87.4 Å². The fourth-order valence-electron chi connectivity index (χ4n) is 20.7. The lowest BCUT2D eigenvalue weighted by atomic mass is 9.93. The minimum atomic E-state index is 0.495. The first kappa shape index (κ1) is 78.8. The zero-order valence-electron chi connectivity index (χ0n) is 73.9. The lowest BCUT2D eigenvalue weighted by Gasteiger charge is -2.14. The zero-order chi connectivity index (χ0) is 89.7. The van der Waals surface area contributed by atoms with Gasteiger partial charge in [0.2, 0.25) is 0 Å². The molecule has 21 aromatic carbocycles. The van der Waals surface area contributed by atoms with Crippen molar-refractivity contribution in [3.63, 3.8) is 0 Å². The largest absolute Gasteiger partial charge is 0.455 e. The van der Waals surface area contributed by atoms with Crippen molar-refractivity contribution in [1.29, 1.82) is 0 Å². The van der Waals surface area contributed by atoms with Crippen LogP contribution >= 0.6 is 0 Å².